The van der Waals surface area contributed by atoms with Crippen molar-refractivity contribution in [2.75, 3.05) is 13.1 Å². The smallest absolute Gasteiger partial charge is 0.326 e. The zero-order chi connectivity index (χ0) is 14.4. The Balaban J connectivity index is 2.46. The lowest BCUT2D eigenvalue weighted by Gasteiger charge is -2.31. The van der Waals surface area contributed by atoms with Gasteiger partial charge in [-0.3, -0.25) is 4.79 Å². The summed E-state index contributed by atoms with van der Waals surface area (Å²) in [6.45, 7) is 1.02. The highest BCUT2D eigenvalue weighted by Gasteiger charge is 2.25. The first kappa shape index (κ1) is 15.2. The van der Waals surface area contributed by atoms with Gasteiger partial charge in [-0.05, 0) is 19.3 Å². The van der Waals surface area contributed by atoms with Gasteiger partial charge in [-0.15, -0.1) is 0 Å². The molecule has 0 aromatic carbocycles. The molecule has 1 aliphatic rings. The Hall–Kier alpha value is -1.83. The molecule has 1 unspecified atom stereocenters. The Bertz CT molecular complexity index is 353. The van der Waals surface area contributed by atoms with Gasteiger partial charge < -0.3 is 26.8 Å². The number of likely N-dealkylation sites (tertiary alicyclic amines) is 1. The van der Waals surface area contributed by atoms with Crippen molar-refractivity contribution in [2.24, 2.45) is 11.5 Å². The topological polar surface area (TPSA) is 139 Å². The van der Waals surface area contributed by atoms with E-state index in [1.807, 2.05) is 0 Å². The molecule has 108 valence electrons. The highest BCUT2D eigenvalue weighted by Crippen LogP contribution is 2.09. The van der Waals surface area contributed by atoms with Crippen molar-refractivity contribution < 1.29 is 19.5 Å². The molecule has 0 aromatic rings. The molecule has 6 N–H and O–H groups in total. The predicted molar refractivity (Wildman–Crippen MR) is 67.2 cm³/mol. The van der Waals surface area contributed by atoms with Crippen LogP contribution in [0.1, 0.15) is 25.7 Å². The van der Waals surface area contributed by atoms with E-state index in [0.29, 0.717) is 25.9 Å². The van der Waals surface area contributed by atoms with Gasteiger partial charge in [-0.1, -0.05) is 0 Å². The Morgan fingerprint density at radius 1 is 1.32 bits per heavy atom. The normalized spacial score (nSPS) is 17.8. The first-order chi connectivity index (χ1) is 8.90. The molecule has 0 saturated carbocycles. The van der Waals surface area contributed by atoms with Gasteiger partial charge in [0.15, 0.2) is 0 Å². The zero-order valence-corrected chi connectivity index (χ0v) is 10.7. The molecule has 0 spiro atoms. The van der Waals surface area contributed by atoms with E-state index in [2.05, 4.69) is 5.32 Å². The largest absolute Gasteiger partial charge is 0.480 e. The van der Waals surface area contributed by atoms with Crippen molar-refractivity contribution in [3.63, 3.8) is 0 Å². The minimum atomic E-state index is -1.18. The number of carboxylic acid groups (broad SMARTS) is 1. The number of hydrogen-bond acceptors (Lipinski definition) is 4. The van der Waals surface area contributed by atoms with Crippen LogP contribution in [-0.2, 0) is 9.59 Å². The third kappa shape index (κ3) is 5.12. The van der Waals surface area contributed by atoms with Gasteiger partial charge in [0.2, 0.25) is 5.91 Å². The number of urea groups is 1. The molecule has 8 heteroatoms. The van der Waals surface area contributed by atoms with Crippen LogP contribution >= 0.6 is 0 Å². The van der Waals surface area contributed by atoms with Crippen LogP contribution in [0.15, 0.2) is 0 Å². The van der Waals surface area contributed by atoms with Gasteiger partial charge in [0.25, 0.3) is 0 Å². The van der Waals surface area contributed by atoms with E-state index in [1.54, 1.807) is 0 Å². The maximum atomic E-state index is 11.9. The number of piperidine rings is 1. The fourth-order valence-corrected chi connectivity index (χ4v) is 1.89. The molecule has 0 aromatic heterocycles. The average molecular weight is 272 g/mol. The summed E-state index contributed by atoms with van der Waals surface area (Å²) >= 11 is 0. The number of carbonyl (C=O) groups is 3. The van der Waals surface area contributed by atoms with Crippen molar-refractivity contribution in [3.05, 3.63) is 0 Å². The molecule has 1 fully saturated rings. The number of nitrogens with one attached hydrogen (secondary N) is 1. The first-order valence-electron chi connectivity index (χ1n) is 6.22. The summed E-state index contributed by atoms with van der Waals surface area (Å²) in [6.07, 6.45) is 1.31. The van der Waals surface area contributed by atoms with Gasteiger partial charge in [0, 0.05) is 25.6 Å². The van der Waals surface area contributed by atoms with Crippen LogP contribution < -0.4 is 16.8 Å². The molecule has 1 aliphatic heterocycles. The van der Waals surface area contributed by atoms with Crippen molar-refractivity contribution in [3.8, 4) is 0 Å². The Morgan fingerprint density at radius 3 is 2.37 bits per heavy atom. The predicted octanol–water partition coefficient (Wildman–Crippen LogP) is -1.16. The van der Waals surface area contributed by atoms with E-state index in [4.69, 9.17) is 16.6 Å². The fourth-order valence-electron chi connectivity index (χ4n) is 1.89. The van der Waals surface area contributed by atoms with Gasteiger partial charge in [-0.25, -0.2) is 9.59 Å². The number of aliphatic carboxylic acids is 1. The molecule has 19 heavy (non-hydrogen) atoms. The summed E-state index contributed by atoms with van der Waals surface area (Å²) in [7, 11) is 0. The lowest BCUT2D eigenvalue weighted by atomic mass is 10.1. The SMILES string of the molecule is NC(=O)CCC(NC(=O)N1CCC(N)CC1)C(=O)O. The molecule has 1 saturated heterocycles. The number of hydrogen-bond donors (Lipinski definition) is 4. The minimum Gasteiger partial charge on any atom is -0.480 e. The molecule has 8 nitrogen and oxygen atoms in total. The van der Waals surface area contributed by atoms with Crippen LogP contribution in [0.2, 0.25) is 0 Å². The molecule has 0 radical (unpaired) electrons. The summed E-state index contributed by atoms with van der Waals surface area (Å²) in [6, 6.07) is -1.45. The molecule has 1 heterocycles. The zero-order valence-electron chi connectivity index (χ0n) is 10.7. The van der Waals surface area contributed by atoms with E-state index < -0.39 is 23.9 Å². The molecular formula is C11H20N4O4. The summed E-state index contributed by atoms with van der Waals surface area (Å²) in [4.78, 5) is 35.0. The van der Waals surface area contributed by atoms with Gasteiger partial charge in [0.1, 0.15) is 6.04 Å². The number of nitrogens with zero attached hydrogens (tertiary/aromatic N) is 1. The molecule has 0 bridgehead atoms. The second kappa shape index (κ2) is 6.93. The number of nitrogens with two attached hydrogens (primary N) is 2. The number of primary amides is 1. The van der Waals surface area contributed by atoms with Crippen LogP contribution in [0.25, 0.3) is 0 Å². The Morgan fingerprint density at radius 2 is 1.89 bits per heavy atom. The fraction of sp³-hybridized carbons (Fsp3) is 0.727. The van der Waals surface area contributed by atoms with Crippen LogP contribution in [0, 0.1) is 0 Å². The van der Waals surface area contributed by atoms with E-state index >= 15 is 0 Å². The number of carbonyl (C=O) groups excluding carboxylic acids is 2. The summed E-state index contributed by atoms with van der Waals surface area (Å²) < 4.78 is 0. The first-order valence-corrected chi connectivity index (χ1v) is 6.22. The van der Waals surface area contributed by atoms with E-state index in [9.17, 15) is 14.4 Å². The highest BCUT2D eigenvalue weighted by atomic mass is 16.4. The third-order valence-corrected chi connectivity index (χ3v) is 3.10. The summed E-state index contributed by atoms with van der Waals surface area (Å²) in [5.41, 5.74) is 10.7. The quantitative estimate of drug-likeness (QED) is 0.500. The number of rotatable bonds is 5. The molecule has 1 atom stereocenters. The Kier molecular flexibility index (Phi) is 5.56. The second-order valence-electron chi connectivity index (χ2n) is 4.67. The standard InChI is InChI=1S/C11H20N4O4/c12-7-3-5-15(6-4-7)11(19)14-8(10(17)18)1-2-9(13)16/h7-8H,1-6,12H2,(H2,13,16)(H,14,19)(H,17,18). The minimum absolute atomic E-state index is 0.0102. The molecule has 1 rings (SSSR count). The molecule has 0 aliphatic carbocycles. The third-order valence-electron chi connectivity index (χ3n) is 3.10. The monoisotopic (exact) mass is 272 g/mol. The van der Waals surface area contributed by atoms with Crippen LogP contribution in [0.4, 0.5) is 4.79 Å². The lowest BCUT2D eigenvalue weighted by Crippen LogP contribution is -2.51. The van der Waals surface area contributed by atoms with E-state index in [0.717, 1.165) is 0 Å². The average Bonchev–Trinajstić information content (AvgIpc) is 2.34. The highest BCUT2D eigenvalue weighted by molar-refractivity contribution is 5.83. The van der Waals surface area contributed by atoms with E-state index in [1.165, 1.54) is 4.90 Å². The van der Waals surface area contributed by atoms with Gasteiger partial charge in [-0.2, -0.15) is 0 Å². The number of amides is 3. The van der Waals surface area contributed by atoms with Gasteiger partial charge >= 0.3 is 12.0 Å². The van der Waals surface area contributed by atoms with Crippen molar-refractivity contribution >= 4 is 17.9 Å². The maximum absolute atomic E-state index is 11.9. The summed E-state index contributed by atoms with van der Waals surface area (Å²) in [5.74, 6) is -1.77. The van der Waals surface area contributed by atoms with Crippen LogP contribution in [0.5, 0.6) is 0 Å². The van der Waals surface area contributed by atoms with Crippen molar-refractivity contribution in [2.45, 2.75) is 37.8 Å². The lowest BCUT2D eigenvalue weighted by molar-refractivity contribution is -0.139. The maximum Gasteiger partial charge on any atom is 0.326 e. The second-order valence-corrected chi connectivity index (χ2v) is 4.67. The van der Waals surface area contributed by atoms with Crippen LogP contribution in [0.3, 0.4) is 0 Å². The molecular weight excluding hydrogens is 252 g/mol. The summed E-state index contributed by atoms with van der Waals surface area (Å²) in [5, 5.41) is 11.4. The van der Waals surface area contributed by atoms with Crippen LogP contribution in [-0.4, -0.2) is 53.1 Å². The number of carboxylic acids is 1. The molecule has 3 amide bonds. The van der Waals surface area contributed by atoms with Crippen molar-refractivity contribution in [1.29, 1.82) is 0 Å². The van der Waals surface area contributed by atoms with E-state index in [-0.39, 0.29) is 18.9 Å². The Labute approximate surface area is 111 Å². The van der Waals surface area contributed by atoms with Crippen molar-refractivity contribution in [1.82, 2.24) is 10.2 Å². The van der Waals surface area contributed by atoms with Gasteiger partial charge in [0.05, 0.1) is 0 Å².